The van der Waals surface area contributed by atoms with Gasteiger partial charge in [0.25, 0.3) is 0 Å². The first-order chi connectivity index (χ1) is 10.7. The SMILES string of the molecule is Cn1cc(CN2CCC3(CCNC3)C2)c(-c2cccnc2)n1. The van der Waals surface area contributed by atoms with E-state index >= 15 is 0 Å². The molecule has 2 aliphatic heterocycles. The van der Waals surface area contributed by atoms with Crippen LogP contribution in [0.25, 0.3) is 11.3 Å². The van der Waals surface area contributed by atoms with Crippen LogP contribution in [0, 0.1) is 5.41 Å². The Labute approximate surface area is 131 Å². The molecule has 0 amide bonds. The van der Waals surface area contributed by atoms with E-state index in [1.165, 1.54) is 44.6 Å². The molecule has 5 nitrogen and oxygen atoms in total. The van der Waals surface area contributed by atoms with Crippen molar-refractivity contribution in [1.29, 1.82) is 0 Å². The number of rotatable bonds is 3. The number of hydrogen-bond acceptors (Lipinski definition) is 4. The van der Waals surface area contributed by atoms with E-state index in [9.17, 15) is 0 Å². The van der Waals surface area contributed by atoms with Crippen LogP contribution in [0.2, 0.25) is 0 Å². The van der Waals surface area contributed by atoms with Gasteiger partial charge in [-0.15, -0.1) is 0 Å². The summed E-state index contributed by atoms with van der Waals surface area (Å²) >= 11 is 0. The Bertz CT molecular complexity index is 642. The van der Waals surface area contributed by atoms with Crippen molar-refractivity contribution in [2.75, 3.05) is 26.2 Å². The summed E-state index contributed by atoms with van der Waals surface area (Å²) in [6, 6.07) is 4.06. The van der Waals surface area contributed by atoms with E-state index in [0.29, 0.717) is 5.41 Å². The molecule has 0 aliphatic carbocycles. The Morgan fingerprint density at radius 3 is 3.09 bits per heavy atom. The van der Waals surface area contributed by atoms with Gasteiger partial charge in [0.1, 0.15) is 0 Å². The minimum absolute atomic E-state index is 0.524. The fraction of sp³-hybridized carbons (Fsp3) is 0.529. The first-order valence-corrected chi connectivity index (χ1v) is 8.10. The summed E-state index contributed by atoms with van der Waals surface area (Å²) in [6.07, 6.45) is 8.51. The van der Waals surface area contributed by atoms with E-state index < -0.39 is 0 Å². The lowest BCUT2D eigenvalue weighted by atomic mass is 9.86. The zero-order valence-electron chi connectivity index (χ0n) is 13.1. The van der Waals surface area contributed by atoms with Gasteiger partial charge in [0.2, 0.25) is 0 Å². The van der Waals surface area contributed by atoms with E-state index in [0.717, 1.165) is 17.8 Å². The molecule has 2 aromatic heterocycles. The predicted octanol–water partition coefficient (Wildman–Crippen LogP) is 1.67. The smallest absolute Gasteiger partial charge is 0.0983 e. The topological polar surface area (TPSA) is 46.0 Å². The second-order valence-electron chi connectivity index (χ2n) is 6.81. The van der Waals surface area contributed by atoms with Crippen LogP contribution in [-0.2, 0) is 13.6 Å². The number of pyridine rings is 1. The minimum Gasteiger partial charge on any atom is -0.316 e. The molecule has 4 heterocycles. The van der Waals surface area contributed by atoms with Crippen molar-refractivity contribution in [1.82, 2.24) is 25.0 Å². The molecule has 2 aromatic rings. The van der Waals surface area contributed by atoms with Gasteiger partial charge in [-0.05, 0) is 43.5 Å². The standard InChI is InChI=1S/C17H23N5/c1-21-10-15(16(20-21)14-3-2-6-18-9-14)11-22-8-5-17(13-22)4-7-19-12-17/h2-3,6,9-10,19H,4-5,7-8,11-13H2,1H3. The molecule has 5 heteroatoms. The summed E-state index contributed by atoms with van der Waals surface area (Å²) in [5.41, 5.74) is 4.01. The van der Waals surface area contributed by atoms with Crippen LogP contribution < -0.4 is 5.32 Å². The first kappa shape index (κ1) is 13.9. The normalized spacial score (nSPS) is 25.3. The van der Waals surface area contributed by atoms with Crippen LogP contribution in [0.1, 0.15) is 18.4 Å². The molecule has 22 heavy (non-hydrogen) atoms. The zero-order valence-corrected chi connectivity index (χ0v) is 13.1. The summed E-state index contributed by atoms with van der Waals surface area (Å²) in [7, 11) is 2.00. The van der Waals surface area contributed by atoms with Crippen LogP contribution >= 0.6 is 0 Å². The maximum atomic E-state index is 4.65. The van der Waals surface area contributed by atoms with E-state index in [2.05, 4.69) is 32.6 Å². The minimum atomic E-state index is 0.524. The number of nitrogens with zero attached hydrogens (tertiary/aromatic N) is 4. The van der Waals surface area contributed by atoms with Crippen molar-refractivity contribution in [3.63, 3.8) is 0 Å². The fourth-order valence-corrected chi connectivity index (χ4v) is 3.95. The lowest BCUT2D eigenvalue weighted by molar-refractivity contribution is 0.269. The van der Waals surface area contributed by atoms with Gasteiger partial charge in [-0.1, -0.05) is 0 Å². The Morgan fingerprint density at radius 1 is 1.36 bits per heavy atom. The maximum Gasteiger partial charge on any atom is 0.0983 e. The molecule has 1 atom stereocenters. The molecular weight excluding hydrogens is 274 g/mol. The van der Waals surface area contributed by atoms with Crippen LogP contribution in [-0.4, -0.2) is 45.8 Å². The molecule has 0 saturated carbocycles. The van der Waals surface area contributed by atoms with E-state index in [1.54, 1.807) is 0 Å². The molecular formula is C17H23N5. The molecule has 1 N–H and O–H groups in total. The highest BCUT2D eigenvalue weighted by molar-refractivity contribution is 5.61. The average Bonchev–Trinajstić information content (AvgIpc) is 3.24. The molecule has 1 unspecified atom stereocenters. The molecule has 4 rings (SSSR count). The highest BCUT2D eigenvalue weighted by Gasteiger charge is 2.40. The number of likely N-dealkylation sites (tertiary alicyclic amines) is 1. The van der Waals surface area contributed by atoms with E-state index in [4.69, 9.17) is 0 Å². The highest BCUT2D eigenvalue weighted by Crippen LogP contribution is 2.37. The summed E-state index contributed by atoms with van der Waals surface area (Å²) < 4.78 is 1.92. The molecule has 0 radical (unpaired) electrons. The second-order valence-corrected chi connectivity index (χ2v) is 6.81. The monoisotopic (exact) mass is 297 g/mol. The third kappa shape index (κ3) is 2.55. The average molecular weight is 297 g/mol. The number of nitrogens with one attached hydrogen (secondary N) is 1. The predicted molar refractivity (Wildman–Crippen MR) is 86.3 cm³/mol. The van der Waals surface area contributed by atoms with Crippen molar-refractivity contribution in [2.45, 2.75) is 19.4 Å². The number of aromatic nitrogens is 3. The van der Waals surface area contributed by atoms with Crippen LogP contribution in [0.15, 0.2) is 30.7 Å². The molecule has 2 aliphatic rings. The van der Waals surface area contributed by atoms with Gasteiger partial charge in [0.05, 0.1) is 5.69 Å². The summed E-state index contributed by atoms with van der Waals surface area (Å²) in [5.74, 6) is 0. The molecule has 0 aromatic carbocycles. The molecule has 2 fully saturated rings. The quantitative estimate of drug-likeness (QED) is 0.936. The number of aryl methyl sites for hydroxylation is 1. The third-order valence-electron chi connectivity index (χ3n) is 5.08. The maximum absolute atomic E-state index is 4.65. The summed E-state index contributed by atoms with van der Waals surface area (Å²) in [5, 5.41) is 8.18. The van der Waals surface area contributed by atoms with Crippen molar-refractivity contribution >= 4 is 0 Å². The summed E-state index contributed by atoms with van der Waals surface area (Å²) in [4.78, 5) is 6.82. The van der Waals surface area contributed by atoms with E-state index in [-0.39, 0.29) is 0 Å². The third-order valence-corrected chi connectivity index (χ3v) is 5.08. The van der Waals surface area contributed by atoms with Crippen molar-refractivity contribution in [3.05, 3.63) is 36.3 Å². The first-order valence-electron chi connectivity index (χ1n) is 8.10. The zero-order chi connectivity index (χ0) is 15.0. The Balaban J connectivity index is 1.54. The van der Waals surface area contributed by atoms with Gasteiger partial charge >= 0.3 is 0 Å². The summed E-state index contributed by atoms with van der Waals surface area (Å²) in [6.45, 7) is 5.76. The molecule has 116 valence electrons. The largest absolute Gasteiger partial charge is 0.316 e. The van der Waals surface area contributed by atoms with Gasteiger partial charge in [0.15, 0.2) is 0 Å². The Kier molecular flexibility index (Phi) is 3.47. The second kappa shape index (κ2) is 5.48. The van der Waals surface area contributed by atoms with Gasteiger partial charge < -0.3 is 5.32 Å². The Morgan fingerprint density at radius 2 is 2.32 bits per heavy atom. The molecule has 0 bridgehead atoms. The molecule has 1 spiro atoms. The van der Waals surface area contributed by atoms with Gasteiger partial charge in [-0.25, -0.2) is 0 Å². The highest BCUT2D eigenvalue weighted by atomic mass is 15.3. The van der Waals surface area contributed by atoms with Crippen LogP contribution in [0.3, 0.4) is 0 Å². The van der Waals surface area contributed by atoms with Crippen LogP contribution in [0.5, 0.6) is 0 Å². The molecule has 2 saturated heterocycles. The van der Waals surface area contributed by atoms with Crippen molar-refractivity contribution in [2.24, 2.45) is 12.5 Å². The van der Waals surface area contributed by atoms with E-state index in [1.807, 2.05) is 30.2 Å². The van der Waals surface area contributed by atoms with Gasteiger partial charge in [-0.2, -0.15) is 5.10 Å². The Hall–Kier alpha value is -1.72. The van der Waals surface area contributed by atoms with Crippen molar-refractivity contribution in [3.8, 4) is 11.3 Å². The van der Waals surface area contributed by atoms with Gasteiger partial charge in [0, 0.05) is 56.4 Å². The van der Waals surface area contributed by atoms with Gasteiger partial charge in [-0.3, -0.25) is 14.6 Å². The lowest BCUT2D eigenvalue weighted by Crippen LogP contribution is -2.29. The number of hydrogen-bond donors (Lipinski definition) is 1. The lowest BCUT2D eigenvalue weighted by Gasteiger charge is -2.22. The van der Waals surface area contributed by atoms with Crippen LogP contribution in [0.4, 0.5) is 0 Å². The van der Waals surface area contributed by atoms with Crippen molar-refractivity contribution < 1.29 is 0 Å². The fourth-order valence-electron chi connectivity index (χ4n) is 3.95.